The van der Waals surface area contributed by atoms with Crippen LogP contribution in [0.2, 0.25) is 0 Å². The Balaban J connectivity index is 1.11. The van der Waals surface area contributed by atoms with E-state index in [9.17, 15) is 14.4 Å². The molecule has 3 amide bonds. The van der Waals surface area contributed by atoms with Gasteiger partial charge in [0.2, 0.25) is 11.8 Å². The van der Waals surface area contributed by atoms with Crippen molar-refractivity contribution in [3.05, 3.63) is 84.0 Å². The molecule has 2 aliphatic rings. The molecule has 1 unspecified atom stereocenters. The Labute approximate surface area is 308 Å². The highest BCUT2D eigenvalue weighted by molar-refractivity contribution is 6.05. The summed E-state index contributed by atoms with van der Waals surface area (Å²) in [5.41, 5.74) is 5.29. The smallest absolute Gasteiger partial charge is 0.407 e. The van der Waals surface area contributed by atoms with Crippen LogP contribution in [0.5, 0.6) is 0 Å². The van der Waals surface area contributed by atoms with E-state index in [0.717, 1.165) is 64.3 Å². The summed E-state index contributed by atoms with van der Waals surface area (Å²) < 4.78 is 20.5. The van der Waals surface area contributed by atoms with Crippen molar-refractivity contribution in [1.82, 2.24) is 35.1 Å². The molecular formula is C41H46FN7O4. The quantitative estimate of drug-likeness (QED) is 0.120. The maximum atomic E-state index is 15.8. The number of allylic oxidation sites excluding steroid dienone is 2. The number of ether oxygens (including phenoxy) is 1. The van der Waals surface area contributed by atoms with Gasteiger partial charge in [0.1, 0.15) is 23.5 Å². The van der Waals surface area contributed by atoms with Gasteiger partial charge in [-0.2, -0.15) is 0 Å². The molecule has 12 heteroatoms. The largest absolute Gasteiger partial charge is 0.453 e. The summed E-state index contributed by atoms with van der Waals surface area (Å²) >= 11 is 0. The Bertz CT molecular complexity index is 2220. The zero-order chi connectivity index (χ0) is 37.4. The van der Waals surface area contributed by atoms with Crippen LogP contribution < -0.4 is 5.32 Å². The summed E-state index contributed by atoms with van der Waals surface area (Å²) in [6.45, 7) is 8.52. The fraction of sp³-hybridized carbons (Fsp3) is 0.390. The molecule has 7 rings (SSSR count). The van der Waals surface area contributed by atoms with E-state index in [-0.39, 0.29) is 36.1 Å². The maximum Gasteiger partial charge on any atom is 0.407 e. The maximum absolute atomic E-state index is 15.8. The molecule has 53 heavy (non-hydrogen) atoms. The topological polar surface area (TPSA) is 136 Å². The van der Waals surface area contributed by atoms with Crippen LogP contribution in [0.25, 0.3) is 44.2 Å². The Kier molecular flexibility index (Phi) is 10.0. The van der Waals surface area contributed by atoms with Gasteiger partial charge in [0.15, 0.2) is 0 Å². The molecule has 3 N–H and O–H groups in total. The number of methoxy groups -OCH3 is 1. The summed E-state index contributed by atoms with van der Waals surface area (Å²) in [6, 6.07) is 14.3. The predicted octanol–water partition coefficient (Wildman–Crippen LogP) is 8.01. The lowest BCUT2D eigenvalue weighted by Gasteiger charge is -2.29. The summed E-state index contributed by atoms with van der Waals surface area (Å²) in [7, 11) is 1.28. The van der Waals surface area contributed by atoms with E-state index in [2.05, 4.69) is 26.3 Å². The van der Waals surface area contributed by atoms with Crippen molar-refractivity contribution >= 4 is 39.7 Å². The van der Waals surface area contributed by atoms with Gasteiger partial charge >= 0.3 is 6.09 Å². The van der Waals surface area contributed by atoms with Gasteiger partial charge in [0.05, 0.1) is 42.6 Å². The van der Waals surface area contributed by atoms with Crippen LogP contribution in [0.1, 0.15) is 77.5 Å². The number of amides is 3. The number of aromatic nitrogens is 4. The lowest BCUT2D eigenvalue weighted by atomic mass is 9.98. The first-order valence-electron chi connectivity index (χ1n) is 18.5. The first-order valence-corrected chi connectivity index (χ1v) is 18.5. The van der Waals surface area contributed by atoms with E-state index in [1.54, 1.807) is 23.2 Å². The molecule has 2 bridgehead atoms. The minimum Gasteiger partial charge on any atom is -0.453 e. The van der Waals surface area contributed by atoms with Crippen molar-refractivity contribution in [1.29, 1.82) is 0 Å². The van der Waals surface area contributed by atoms with E-state index in [0.29, 0.717) is 41.8 Å². The Morgan fingerprint density at radius 3 is 2.58 bits per heavy atom. The van der Waals surface area contributed by atoms with Crippen LogP contribution in [0.3, 0.4) is 0 Å². The van der Waals surface area contributed by atoms with E-state index in [1.165, 1.54) is 7.11 Å². The van der Waals surface area contributed by atoms with E-state index < -0.39 is 12.1 Å². The molecule has 1 saturated heterocycles. The third-order valence-electron chi connectivity index (χ3n) is 10.4. The molecule has 1 fully saturated rings. The number of imidazole rings is 2. The van der Waals surface area contributed by atoms with Crippen molar-refractivity contribution in [2.24, 2.45) is 11.8 Å². The van der Waals surface area contributed by atoms with Gasteiger partial charge in [-0.15, -0.1) is 0 Å². The lowest BCUT2D eigenvalue weighted by Crippen LogP contribution is -2.51. The van der Waals surface area contributed by atoms with Crippen molar-refractivity contribution in [2.45, 2.75) is 78.4 Å². The van der Waals surface area contributed by atoms with Gasteiger partial charge in [-0.05, 0) is 78.3 Å². The van der Waals surface area contributed by atoms with Gasteiger partial charge in [-0.3, -0.25) is 9.59 Å². The van der Waals surface area contributed by atoms with Crippen LogP contribution in [0.4, 0.5) is 9.18 Å². The Hall–Kier alpha value is -5.52. The third kappa shape index (κ3) is 6.90. The molecule has 2 aromatic heterocycles. The molecule has 1 aliphatic heterocycles. The van der Waals surface area contributed by atoms with Gasteiger partial charge in [0, 0.05) is 29.6 Å². The van der Waals surface area contributed by atoms with Gasteiger partial charge < -0.3 is 29.8 Å². The van der Waals surface area contributed by atoms with Crippen LogP contribution in [-0.4, -0.2) is 67.3 Å². The number of carbonyl (C=O) groups is 3. The fourth-order valence-corrected chi connectivity index (χ4v) is 7.80. The molecule has 276 valence electrons. The van der Waals surface area contributed by atoms with Crippen LogP contribution in [-0.2, 0) is 20.9 Å². The Morgan fingerprint density at radius 2 is 1.85 bits per heavy atom. The molecular weight excluding hydrogens is 673 g/mol. The number of nitrogens with zero attached hydrogens (tertiary/aromatic N) is 4. The molecule has 0 saturated carbocycles. The van der Waals surface area contributed by atoms with E-state index >= 15 is 4.39 Å². The second-order valence-corrected chi connectivity index (χ2v) is 14.4. The first kappa shape index (κ1) is 35.9. The summed E-state index contributed by atoms with van der Waals surface area (Å²) in [5.74, 6) is 1.03. The number of alkyl carbamates (subject to hydrolysis) is 1. The second-order valence-electron chi connectivity index (χ2n) is 14.4. The van der Waals surface area contributed by atoms with E-state index in [4.69, 9.17) is 9.72 Å². The highest BCUT2D eigenvalue weighted by Crippen LogP contribution is 2.49. The van der Waals surface area contributed by atoms with Crippen LogP contribution in [0, 0.1) is 17.7 Å². The third-order valence-corrected chi connectivity index (χ3v) is 10.4. The number of nitrogens with one attached hydrogen (secondary N) is 3. The first-order chi connectivity index (χ1) is 25.6. The average Bonchev–Trinajstić information content (AvgIpc) is 3.97. The highest BCUT2D eigenvalue weighted by Gasteiger charge is 2.45. The molecule has 1 aliphatic carbocycles. The number of H-pyrrole nitrogens is 2. The zero-order valence-corrected chi connectivity index (χ0v) is 30.8. The number of hydrogen-bond acceptors (Lipinski definition) is 6. The van der Waals surface area contributed by atoms with Crippen LogP contribution >= 0.6 is 0 Å². The number of hydrogen-bond donors (Lipinski definition) is 3. The number of halogens is 1. The van der Waals surface area contributed by atoms with Crippen molar-refractivity contribution in [3.63, 3.8) is 0 Å². The van der Waals surface area contributed by atoms with Gasteiger partial charge in [-0.25, -0.2) is 19.2 Å². The van der Waals surface area contributed by atoms with Crippen molar-refractivity contribution < 1.29 is 23.5 Å². The molecule has 11 nitrogen and oxygen atoms in total. The molecule has 5 aromatic rings. The normalized spacial score (nSPS) is 17.1. The van der Waals surface area contributed by atoms with E-state index in [1.807, 2.05) is 69.0 Å². The summed E-state index contributed by atoms with van der Waals surface area (Å²) in [4.78, 5) is 58.4. The monoisotopic (exact) mass is 719 g/mol. The number of fused-ring (bicyclic) bond motifs is 5. The fourth-order valence-electron chi connectivity index (χ4n) is 7.80. The summed E-state index contributed by atoms with van der Waals surface area (Å²) in [5, 5.41) is 4.55. The zero-order valence-electron chi connectivity index (χ0n) is 30.8. The number of carbonyl (C=O) groups excluding carboxylic acids is 3. The Morgan fingerprint density at radius 1 is 1.06 bits per heavy atom. The molecule has 3 aromatic carbocycles. The molecule has 0 radical (unpaired) electrons. The predicted molar refractivity (Wildman–Crippen MR) is 202 cm³/mol. The standard InChI is InChI=1S/C41H46FN7O4/c1-6-8-35(50)49-28-13-9-27(19-28)38(49)39-43-21-33(45-39)30-15-11-25(20-31(30)42)24-10-14-29-26(18-24)12-16-32-37(29)46-34(44-32)22-48(17-7-2)40(51)36(23(3)4)47-41(52)53-5/h10-16,18,20-21,23,27,36,38H,6-9,17,19,22H2,1-5H3,(H,43,45)(H,44,46)(H,47,52)/t27-,36-,38?/m0/s1. The second kappa shape index (κ2) is 14.8. The number of rotatable bonds is 12. The lowest BCUT2D eigenvalue weighted by molar-refractivity contribution is -0.135. The minimum atomic E-state index is -0.730. The van der Waals surface area contributed by atoms with Crippen LogP contribution in [0.15, 0.2) is 66.5 Å². The molecule has 3 atom stereocenters. The number of likely N-dealkylation sites (tertiary alicyclic amines) is 1. The molecule has 0 spiro atoms. The summed E-state index contributed by atoms with van der Waals surface area (Å²) in [6.07, 6.45) is 6.97. The van der Waals surface area contributed by atoms with Crippen molar-refractivity contribution in [2.75, 3.05) is 13.7 Å². The SMILES string of the molecule is CCCC(=O)N1C2=CC[C@@H](C2)C1c1ncc(-c2ccc(-c3ccc4c(ccc5[nH]c(CN(CCC)C(=O)[C@@H](NC(=O)OC)C(C)C)nc54)c3)cc2F)[nH]1. The number of aromatic amines is 2. The van der Waals surface area contributed by atoms with Gasteiger partial charge in [0.25, 0.3) is 0 Å². The van der Waals surface area contributed by atoms with Gasteiger partial charge in [-0.1, -0.05) is 58.0 Å². The van der Waals surface area contributed by atoms with Crippen molar-refractivity contribution in [3.8, 4) is 22.4 Å². The minimum absolute atomic E-state index is 0.111. The average molecular weight is 720 g/mol. The molecule has 3 heterocycles. The highest BCUT2D eigenvalue weighted by atomic mass is 19.1. The number of benzene rings is 3.